The normalized spacial score (nSPS) is 16.1. The van der Waals surface area contributed by atoms with Crippen molar-refractivity contribution in [1.29, 1.82) is 0 Å². The molecule has 0 bridgehead atoms. The van der Waals surface area contributed by atoms with Crippen LogP contribution in [-0.2, 0) is 35.1 Å². The Hall–Kier alpha value is -2.96. The van der Waals surface area contributed by atoms with Gasteiger partial charge in [0.1, 0.15) is 0 Å². The van der Waals surface area contributed by atoms with Crippen molar-refractivity contribution in [2.24, 2.45) is 0 Å². The number of hydrogen-bond acceptors (Lipinski definition) is 0. The predicted molar refractivity (Wildman–Crippen MR) is 197 cm³/mol. The van der Waals surface area contributed by atoms with Crippen molar-refractivity contribution in [3.05, 3.63) is 161 Å². The van der Waals surface area contributed by atoms with Crippen molar-refractivity contribution in [2.45, 2.75) is 71.6 Å². The van der Waals surface area contributed by atoms with E-state index in [0.29, 0.717) is 0 Å². The Balaban J connectivity index is 0.000000207. The van der Waals surface area contributed by atoms with E-state index < -0.39 is 0 Å². The molecule has 0 spiro atoms. The van der Waals surface area contributed by atoms with E-state index in [2.05, 4.69) is 157 Å². The molecule has 48 heavy (non-hydrogen) atoms. The van der Waals surface area contributed by atoms with Gasteiger partial charge in [-0.25, -0.2) is 12.2 Å². The molecule has 5 aromatic carbocycles. The third-order valence-corrected chi connectivity index (χ3v) is 11.3. The molecule has 0 saturated carbocycles. The monoisotopic (exact) mass is 744 g/mol. The molecule has 0 aromatic heterocycles. The molecule has 3 aliphatic carbocycles. The van der Waals surface area contributed by atoms with Crippen LogP contribution >= 0.6 is 0 Å². The fourth-order valence-corrected chi connectivity index (χ4v) is 7.67. The van der Waals surface area contributed by atoms with Crippen LogP contribution in [0.3, 0.4) is 0 Å². The van der Waals surface area contributed by atoms with Crippen molar-refractivity contribution in [2.75, 3.05) is 0 Å². The first-order valence-electron chi connectivity index (χ1n) is 16.5. The van der Waals surface area contributed by atoms with Crippen LogP contribution in [0.25, 0.3) is 32.7 Å². The second-order valence-corrected chi connectivity index (χ2v) is 15.4. The second kappa shape index (κ2) is 15.7. The van der Waals surface area contributed by atoms with E-state index in [1.54, 1.807) is 0 Å². The number of halogens is 2. The minimum absolute atomic E-state index is 0. The zero-order valence-corrected chi connectivity index (χ0v) is 32.9. The first kappa shape index (κ1) is 37.9. The summed E-state index contributed by atoms with van der Waals surface area (Å²) < 4.78 is 1.42. The van der Waals surface area contributed by atoms with Crippen molar-refractivity contribution in [3.63, 3.8) is 0 Å². The van der Waals surface area contributed by atoms with E-state index >= 15 is 0 Å². The van der Waals surface area contributed by atoms with Gasteiger partial charge in [0.05, 0.1) is 0 Å². The molecule has 0 fully saturated rings. The summed E-state index contributed by atoms with van der Waals surface area (Å²) in [5.41, 5.74) is 11.8. The molecule has 0 unspecified atom stereocenters. The third-order valence-electron chi connectivity index (χ3n) is 9.84. The third kappa shape index (κ3) is 7.92. The van der Waals surface area contributed by atoms with Crippen molar-refractivity contribution in [1.82, 2.24) is 0 Å². The Morgan fingerprint density at radius 1 is 0.667 bits per heavy atom. The summed E-state index contributed by atoms with van der Waals surface area (Å²) in [6.45, 7) is 14.0. The molecule has 0 amide bonds. The molecule has 0 saturated heterocycles. The van der Waals surface area contributed by atoms with Crippen molar-refractivity contribution >= 4 is 35.9 Å². The Morgan fingerprint density at radius 2 is 1.10 bits per heavy atom. The van der Waals surface area contributed by atoms with Crippen LogP contribution in [-0.4, -0.2) is 3.21 Å². The maximum atomic E-state index is 2.99. The fraction of sp³-hybridized carbons (Fsp3) is 0.244. The zero-order valence-electron chi connectivity index (χ0n) is 28.9. The topological polar surface area (TPSA) is 0 Å². The molecule has 0 heterocycles. The minimum atomic E-state index is 0. The van der Waals surface area contributed by atoms with Crippen molar-refractivity contribution in [3.8, 4) is 0 Å². The van der Waals surface area contributed by atoms with Crippen LogP contribution < -0.4 is 24.8 Å². The van der Waals surface area contributed by atoms with E-state index in [4.69, 9.17) is 0 Å². The average molecular weight is 747 g/mol. The molecule has 0 N–H and O–H groups in total. The summed E-state index contributed by atoms with van der Waals surface area (Å²) in [6, 6.07) is 33.4. The van der Waals surface area contributed by atoms with Gasteiger partial charge in [0.2, 0.25) is 0 Å². The van der Waals surface area contributed by atoms with Gasteiger partial charge >= 0.3 is 99.2 Å². The van der Waals surface area contributed by atoms with Gasteiger partial charge in [0, 0.05) is 0 Å². The van der Waals surface area contributed by atoms with E-state index in [9.17, 15) is 0 Å². The maximum absolute atomic E-state index is 2.99. The van der Waals surface area contributed by atoms with Gasteiger partial charge in [0.15, 0.2) is 0 Å². The molecule has 8 rings (SSSR count). The van der Waals surface area contributed by atoms with Crippen LogP contribution in [0.4, 0.5) is 0 Å². The molecule has 244 valence electrons. The number of benzene rings is 4. The van der Waals surface area contributed by atoms with Gasteiger partial charge in [-0.1, -0.05) is 63.1 Å². The van der Waals surface area contributed by atoms with Crippen LogP contribution in [0, 0.1) is 6.08 Å². The Morgan fingerprint density at radius 3 is 1.46 bits per heavy atom. The van der Waals surface area contributed by atoms with Gasteiger partial charge in [-0.2, -0.15) is 6.08 Å². The molecule has 0 aliphatic heterocycles. The van der Waals surface area contributed by atoms with Gasteiger partial charge in [-0.05, 0) is 59.8 Å². The Bertz CT molecular complexity index is 1890. The number of fused-ring (bicyclic) bond motifs is 5. The average Bonchev–Trinajstić information content (AvgIpc) is 3.77. The number of hydrogen-bond donors (Lipinski definition) is 0. The molecule has 3 aliphatic rings. The second-order valence-electron chi connectivity index (χ2n) is 14.2. The predicted octanol–water partition coefficient (Wildman–Crippen LogP) is 6.00. The van der Waals surface area contributed by atoms with Crippen LogP contribution in [0.15, 0.2) is 121 Å². The summed E-state index contributed by atoms with van der Waals surface area (Å²) in [4.78, 5) is 0. The zero-order chi connectivity index (χ0) is 32.5. The van der Waals surface area contributed by atoms with Crippen LogP contribution in [0.5, 0.6) is 0 Å². The molecular formula is C45H44Cl2Zr-2. The molecule has 0 atom stereocenters. The van der Waals surface area contributed by atoms with Gasteiger partial charge in [0.25, 0.3) is 0 Å². The van der Waals surface area contributed by atoms with Gasteiger partial charge in [-0.15, -0.1) is 46.2 Å². The fourth-order valence-electron chi connectivity index (χ4n) is 6.85. The van der Waals surface area contributed by atoms with Crippen LogP contribution in [0.2, 0.25) is 0 Å². The Kier molecular flexibility index (Phi) is 12.4. The molecule has 5 aromatic rings. The van der Waals surface area contributed by atoms with E-state index in [-0.39, 0.29) is 35.6 Å². The van der Waals surface area contributed by atoms with E-state index in [1.165, 1.54) is 93.5 Å². The first-order chi connectivity index (χ1) is 22.0. The van der Waals surface area contributed by atoms with Crippen molar-refractivity contribution < 1.29 is 49.0 Å². The van der Waals surface area contributed by atoms with Gasteiger partial charge < -0.3 is 24.8 Å². The van der Waals surface area contributed by atoms with Crippen LogP contribution in [0.1, 0.15) is 94.2 Å². The number of rotatable bonds is 2. The SMILES string of the molecule is CC1=CCC(C)(C)c2cc3[cH-]c4cc5c(cc4c3cc21)C(C)=CCC5(C)C.[C-]1=CC=CC1.[Cl-].[Cl-].[Zr+2]=[C](c1ccccc1)c1ccccc1. The summed E-state index contributed by atoms with van der Waals surface area (Å²) >= 11 is 1.46. The number of allylic oxidation sites excluding steroid dienone is 8. The standard InChI is InChI=1S/C27H29.C13H10.C5H5.2ClH.Zr/c1-16-7-9-26(3,4)24-12-18-11-19-13-25-21(17(2)8-10-27(25,5)6)15-23(19)22(18)14-20(16)24;1-3-7-12(8-4-1)11-13-9-5-2-6-10-13;1-2-4-5-3-1;;;/h7-8,11-15H,9-10H2,1-6H3;1-10H;1-3H,4H2;2*1H;/q-1;;-1;;;+2/p-2. The molecule has 3 heteroatoms. The van der Waals surface area contributed by atoms with E-state index in [1.807, 2.05) is 12.2 Å². The molecule has 0 radical (unpaired) electrons. The molecule has 0 nitrogen and oxygen atoms in total. The summed E-state index contributed by atoms with van der Waals surface area (Å²) in [5, 5.41) is 5.61. The van der Waals surface area contributed by atoms with E-state index in [0.717, 1.165) is 19.3 Å². The summed E-state index contributed by atoms with van der Waals surface area (Å²) in [5.74, 6) is 0. The summed E-state index contributed by atoms with van der Waals surface area (Å²) in [7, 11) is 0. The van der Waals surface area contributed by atoms with Gasteiger partial charge in [-0.3, -0.25) is 6.08 Å². The Labute approximate surface area is 315 Å². The summed E-state index contributed by atoms with van der Waals surface area (Å²) in [6.07, 6.45) is 17.1. The first-order valence-corrected chi connectivity index (χ1v) is 17.8. The quantitative estimate of drug-likeness (QED) is 0.195. The molecular weight excluding hydrogens is 703 g/mol.